The molecule has 0 aliphatic carbocycles. The summed E-state index contributed by atoms with van der Waals surface area (Å²) in [6, 6.07) is 11.5. The summed E-state index contributed by atoms with van der Waals surface area (Å²) in [5.74, 6) is -0.0321. The van der Waals surface area contributed by atoms with Gasteiger partial charge in [0, 0.05) is 30.4 Å². The van der Waals surface area contributed by atoms with E-state index in [9.17, 15) is 4.79 Å². The molecule has 1 amide bonds. The molecule has 3 aromatic rings. The zero-order valence-corrected chi connectivity index (χ0v) is 17.9. The molecule has 0 atom stereocenters. The molecule has 1 saturated heterocycles. The van der Waals surface area contributed by atoms with E-state index in [-0.39, 0.29) is 12.0 Å². The minimum atomic E-state index is -0.0321. The lowest BCUT2D eigenvalue weighted by molar-refractivity contribution is 0.0595. The predicted molar refractivity (Wildman–Crippen MR) is 113 cm³/mol. The number of halogens is 2. The van der Waals surface area contributed by atoms with Crippen molar-refractivity contribution in [3.8, 4) is 5.19 Å². The van der Waals surface area contributed by atoms with Gasteiger partial charge < -0.3 is 9.64 Å². The average molecular weight is 466 g/mol. The highest BCUT2D eigenvalue weighted by molar-refractivity contribution is 9.10. The van der Waals surface area contributed by atoms with Gasteiger partial charge in [-0.15, -0.1) is 0 Å². The van der Waals surface area contributed by atoms with Crippen LogP contribution in [-0.2, 0) is 0 Å². The van der Waals surface area contributed by atoms with Crippen LogP contribution in [0.3, 0.4) is 0 Å². The monoisotopic (exact) mass is 464 g/mol. The van der Waals surface area contributed by atoms with Crippen LogP contribution in [0.2, 0.25) is 5.02 Å². The van der Waals surface area contributed by atoms with Gasteiger partial charge in [0.25, 0.3) is 11.1 Å². The van der Waals surface area contributed by atoms with E-state index in [0.29, 0.717) is 28.9 Å². The Morgan fingerprint density at radius 1 is 1.30 bits per heavy atom. The molecular formula is C20H18BrClN2O2S. The lowest BCUT2D eigenvalue weighted by atomic mass is 10.1. The molecule has 2 heterocycles. The molecule has 1 aliphatic rings. The Balaban J connectivity index is 1.40. The summed E-state index contributed by atoms with van der Waals surface area (Å²) in [5.41, 5.74) is 2.70. The number of para-hydroxylation sites is 1. The van der Waals surface area contributed by atoms with Crippen molar-refractivity contribution in [2.45, 2.75) is 25.9 Å². The number of fused-ring (bicyclic) bond motifs is 1. The quantitative estimate of drug-likeness (QED) is 0.498. The maximum Gasteiger partial charge on any atom is 0.274 e. The highest BCUT2D eigenvalue weighted by atomic mass is 79.9. The maximum atomic E-state index is 12.8. The van der Waals surface area contributed by atoms with Crippen molar-refractivity contribution in [1.82, 2.24) is 9.88 Å². The first-order valence-corrected chi connectivity index (χ1v) is 10.8. The average Bonchev–Trinajstić information content (AvgIpc) is 3.08. The van der Waals surface area contributed by atoms with E-state index in [1.54, 1.807) is 23.5 Å². The fourth-order valence-corrected chi connectivity index (χ4v) is 4.79. The number of benzene rings is 2. The second-order valence-corrected chi connectivity index (χ2v) is 8.95. The van der Waals surface area contributed by atoms with E-state index in [0.717, 1.165) is 33.1 Å². The molecule has 0 unspecified atom stereocenters. The Morgan fingerprint density at radius 3 is 2.81 bits per heavy atom. The van der Waals surface area contributed by atoms with Crippen LogP contribution in [0.4, 0.5) is 0 Å². The Hall–Kier alpha value is -1.63. The first-order valence-electron chi connectivity index (χ1n) is 8.78. The van der Waals surface area contributed by atoms with Crippen LogP contribution in [0.5, 0.6) is 5.19 Å². The highest BCUT2D eigenvalue weighted by Gasteiger charge is 2.26. The van der Waals surface area contributed by atoms with E-state index in [1.807, 2.05) is 17.0 Å². The molecule has 0 bridgehead atoms. The van der Waals surface area contributed by atoms with Gasteiger partial charge in [-0.1, -0.05) is 51.0 Å². The lowest BCUT2D eigenvalue weighted by Gasteiger charge is -2.31. The summed E-state index contributed by atoms with van der Waals surface area (Å²) in [6.07, 6.45) is 1.64. The minimum Gasteiger partial charge on any atom is -0.467 e. The van der Waals surface area contributed by atoms with Gasteiger partial charge in [-0.2, -0.15) is 0 Å². The number of hydrogen-bond donors (Lipinski definition) is 0. The number of ether oxygens (including phenoxy) is 1. The number of carbonyl (C=O) groups is 1. The van der Waals surface area contributed by atoms with E-state index in [4.69, 9.17) is 16.3 Å². The van der Waals surface area contributed by atoms with E-state index < -0.39 is 0 Å². The third-order valence-corrected chi connectivity index (χ3v) is 6.49. The van der Waals surface area contributed by atoms with Gasteiger partial charge in [0.1, 0.15) is 6.10 Å². The molecule has 1 fully saturated rings. The van der Waals surface area contributed by atoms with Crippen LogP contribution < -0.4 is 4.74 Å². The third-order valence-electron chi connectivity index (χ3n) is 4.76. The number of thiazole rings is 1. The molecular weight excluding hydrogens is 448 g/mol. The largest absolute Gasteiger partial charge is 0.467 e. The summed E-state index contributed by atoms with van der Waals surface area (Å²) in [5, 5.41) is 1.19. The molecule has 4 nitrogen and oxygen atoms in total. The van der Waals surface area contributed by atoms with Crippen LogP contribution in [0.1, 0.15) is 28.8 Å². The van der Waals surface area contributed by atoms with Crippen molar-refractivity contribution in [3.63, 3.8) is 0 Å². The number of carbonyl (C=O) groups excluding carboxylic acids is 1. The molecule has 1 aromatic heterocycles. The molecule has 0 radical (unpaired) electrons. The molecule has 7 heteroatoms. The zero-order chi connectivity index (χ0) is 19.0. The Kier molecular flexibility index (Phi) is 5.39. The van der Waals surface area contributed by atoms with Gasteiger partial charge in [-0.05, 0) is 36.8 Å². The molecule has 27 heavy (non-hydrogen) atoms. The summed E-state index contributed by atoms with van der Waals surface area (Å²) < 4.78 is 8.10. The van der Waals surface area contributed by atoms with Crippen molar-refractivity contribution in [2.75, 3.05) is 13.1 Å². The molecule has 2 aromatic carbocycles. The zero-order valence-electron chi connectivity index (χ0n) is 14.7. The van der Waals surface area contributed by atoms with Crippen molar-refractivity contribution >= 4 is 55.0 Å². The smallest absolute Gasteiger partial charge is 0.274 e. The summed E-state index contributed by atoms with van der Waals surface area (Å²) in [7, 11) is 0. The first-order chi connectivity index (χ1) is 13.0. The van der Waals surface area contributed by atoms with Gasteiger partial charge in [0.2, 0.25) is 0 Å². The number of aryl methyl sites for hydroxylation is 1. The van der Waals surface area contributed by atoms with Crippen LogP contribution in [0, 0.1) is 6.92 Å². The molecule has 4 rings (SSSR count). The number of rotatable bonds is 3. The number of piperidine rings is 1. The summed E-state index contributed by atoms with van der Waals surface area (Å²) >= 11 is 11.2. The topological polar surface area (TPSA) is 42.4 Å². The SMILES string of the molecule is Cc1cccc2sc(OC3CCN(C(=O)c4cc(Br)ccc4Cl)CC3)nc12. The van der Waals surface area contributed by atoms with E-state index in [1.165, 1.54) is 0 Å². The Labute approximate surface area is 175 Å². The fraction of sp³-hybridized carbons (Fsp3) is 0.300. The van der Waals surface area contributed by atoms with Crippen molar-refractivity contribution in [3.05, 3.63) is 57.0 Å². The van der Waals surface area contributed by atoms with Gasteiger partial charge in [-0.25, -0.2) is 4.98 Å². The number of likely N-dealkylation sites (tertiary alicyclic amines) is 1. The van der Waals surface area contributed by atoms with Crippen LogP contribution in [0.15, 0.2) is 40.9 Å². The van der Waals surface area contributed by atoms with Gasteiger partial charge in [0.15, 0.2) is 0 Å². The molecule has 0 N–H and O–H groups in total. The maximum absolute atomic E-state index is 12.8. The van der Waals surface area contributed by atoms with Crippen molar-refractivity contribution < 1.29 is 9.53 Å². The van der Waals surface area contributed by atoms with Crippen molar-refractivity contribution in [2.24, 2.45) is 0 Å². The van der Waals surface area contributed by atoms with Gasteiger partial charge in [-0.3, -0.25) is 4.79 Å². The summed E-state index contributed by atoms with van der Waals surface area (Å²) in [6.45, 7) is 3.36. The lowest BCUT2D eigenvalue weighted by Crippen LogP contribution is -2.41. The second kappa shape index (κ2) is 7.78. The molecule has 0 saturated carbocycles. The number of amides is 1. The van der Waals surface area contributed by atoms with E-state index in [2.05, 4.69) is 40.0 Å². The van der Waals surface area contributed by atoms with Crippen LogP contribution >= 0.6 is 38.9 Å². The molecule has 1 aliphatic heterocycles. The minimum absolute atomic E-state index is 0.0321. The van der Waals surface area contributed by atoms with Gasteiger partial charge >= 0.3 is 0 Å². The Bertz CT molecular complexity index is 999. The number of hydrogen-bond acceptors (Lipinski definition) is 4. The third kappa shape index (κ3) is 3.98. The normalized spacial score (nSPS) is 15.3. The molecule has 140 valence electrons. The number of aromatic nitrogens is 1. The summed E-state index contributed by atoms with van der Waals surface area (Å²) in [4.78, 5) is 19.2. The predicted octanol–water partition coefficient (Wildman–Crippen LogP) is 5.70. The number of nitrogens with zero attached hydrogens (tertiary/aromatic N) is 2. The van der Waals surface area contributed by atoms with E-state index >= 15 is 0 Å². The fourth-order valence-electron chi connectivity index (χ4n) is 3.27. The second-order valence-electron chi connectivity index (χ2n) is 6.64. The van der Waals surface area contributed by atoms with Crippen molar-refractivity contribution in [1.29, 1.82) is 0 Å². The standard InChI is InChI=1S/C20H18BrClN2O2S/c1-12-3-2-4-17-18(12)23-20(27-17)26-14-7-9-24(10-8-14)19(25)15-11-13(21)5-6-16(15)22/h2-6,11,14H,7-10H2,1H3. The first kappa shape index (κ1) is 18.7. The molecule has 0 spiro atoms. The van der Waals surface area contributed by atoms with Crippen LogP contribution in [0.25, 0.3) is 10.2 Å². The van der Waals surface area contributed by atoms with Gasteiger partial charge in [0.05, 0.1) is 20.8 Å². The highest BCUT2D eigenvalue weighted by Crippen LogP contribution is 2.31. The van der Waals surface area contributed by atoms with Crippen LogP contribution in [-0.4, -0.2) is 35.0 Å². The Morgan fingerprint density at radius 2 is 2.07 bits per heavy atom.